The minimum absolute atomic E-state index is 0.00416. The first-order valence-electron chi connectivity index (χ1n) is 7.83. The number of piperidine rings is 2. The van der Waals surface area contributed by atoms with Gasteiger partial charge in [0.15, 0.2) is 0 Å². The summed E-state index contributed by atoms with van der Waals surface area (Å²) in [5.41, 5.74) is 0. The third kappa shape index (κ3) is 4.19. The molecule has 6 nitrogen and oxygen atoms in total. The minimum atomic E-state index is -0.0792. The molecule has 2 fully saturated rings. The lowest BCUT2D eigenvalue weighted by atomic mass is 9.95. The first-order valence-corrected chi connectivity index (χ1v) is 7.83. The van der Waals surface area contributed by atoms with Gasteiger partial charge in [-0.1, -0.05) is 13.8 Å². The first-order chi connectivity index (χ1) is 9.97. The van der Waals surface area contributed by atoms with E-state index in [1.54, 1.807) is 0 Å². The zero-order chi connectivity index (χ0) is 15.4. The molecule has 0 aromatic rings. The maximum Gasteiger partial charge on any atom is 0.227 e. The Balaban J connectivity index is 1.77. The molecule has 6 heteroatoms. The summed E-state index contributed by atoms with van der Waals surface area (Å²) in [6, 6.07) is 0.176. The van der Waals surface area contributed by atoms with Crippen LogP contribution in [0, 0.1) is 11.8 Å². The SMILES string of the molecule is CC(C)C(=O)NC1CCN(C(=O)C2CCC(=O)NC2)CC1. The molecular weight excluding hydrogens is 270 g/mol. The highest BCUT2D eigenvalue weighted by molar-refractivity contribution is 5.84. The molecule has 0 aromatic heterocycles. The van der Waals surface area contributed by atoms with Crippen LogP contribution in [0.3, 0.4) is 0 Å². The van der Waals surface area contributed by atoms with E-state index >= 15 is 0 Å². The molecule has 2 aliphatic heterocycles. The van der Waals surface area contributed by atoms with Crippen LogP contribution in [0.5, 0.6) is 0 Å². The molecule has 1 atom stereocenters. The van der Waals surface area contributed by atoms with Crippen LogP contribution >= 0.6 is 0 Å². The van der Waals surface area contributed by atoms with Crippen molar-refractivity contribution >= 4 is 17.7 Å². The molecule has 0 aromatic carbocycles. The maximum absolute atomic E-state index is 12.4. The summed E-state index contributed by atoms with van der Waals surface area (Å²) in [7, 11) is 0. The Labute approximate surface area is 125 Å². The number of hydrogen-bond acceptors (Lipinski definition) is 3. The van der Waals surface area contributed by atoms with Crippen molar-refractivity contribution in [3.8, 4) is 0 Å². The standard InChI is InChI=1S/C15H25N3O3/c1-10(2)14(20)17-12-5-7-18(8-6-12)15(21)11-3-4-13(19)16-9-11/h10-12H,3-9H2,1-2H3,(H,16,19)(H,17,20). The van der Waals surface area contributed by atoms with Crippen LogP contribution in [-0.2, 0) is 14.4 Å². The highest BCUT2D eigenvalue weighted by Crippen LogP contribution is 2.18. The van der Waals surface area contributed by atoms with Gasteiger partial charge in [-0.2, -0.15) is 0 Å². The Hall–Kier alpha value is -1.59. The average Bonchev–Trinajstić information content (AvgIpc) is 2.48. The van der Waals surface area contributed by atoms with E-state index in [0.29, 0.717) is 32.5 Å². The van der Waals surface area contributed by atoms with Gasteiger partial charge in [-0.25, -0.2) is 0 Å². The highest BCUT2D eigenvalue weighted by Gasteiger charge is 2.31. The zero-order valence-corrected chi connectivity index (χ0v) is 12.9. The van der Waals surface area contributed by atoms with E-state index in [1.165, 1.54) is 0 Å². The van der Waals surface area contributed by atoms with Gasteiger partial charge < -0.3 is 15.5 Å². The highest BCUT2D eigenvalue weighted by atomic mass is 16.2. The third-order valence-corrected chi connectivity index (χ3v) is 4.29. The summed E-state index contributed by atoms with van der Waals surface area (Å²) in [4.78, 5) is 37.1. The second kappa shape index (κ2) is 6.91. The Bertz CT molecular complexity index is 404. The van der Waals surface area contributed by atoms with Gasteiger partial charge >= 0.3 is 0 Å². The topological polar surface area (TPSA) is 78.5 Å². The molecule has 0 spiro atoms. The number of nitrogens with zero attached hydrogens (tertiary/aromatic N) is 1. The Kier molecular flexibility index (Phi) is 5.20. The molecule has 2 aliphatic rings. The Morgan fingerprint density at radius 3 is 2.43 bits per heavy atom. The fraction of sp³-hybridized carbons (Fsp3) is 0.800. The van der Waals surface area contributed by atoms with E-state index in [4.69, 9.17) is 0 Å². The monoisotopic (exact) mass is 295 g/mol. The van der Waals surface area contributed by atoms with E-state index in [2.05, 4.69) is 10.6 Å². The van der Waals surface area contributed by atoms with Gasteiger partial charge in [0, 0.05) is 38.0 Å². The largest absolute Gasteiger partial charge is 0.355 e. The molecule has 21 heavy (non-hydrogen) atoms. The van der Waals surface area contributed by atoms with Crippen molar-refractivity contribution < 1.29 is 14.4 Å². The number of rotatable bonds is 3. The Morgan fingerprint density at radius 1 is 1.24 bits per heavy atom. The molecule has 2 rings (SSSR count). The summed E-state index contributed by atoms with van der Waals surface area (Å²) in [6.07, 6.45) is 2.71. The number of hydrogen-bond donors (Lipinski definition) is 2. The molecule has 0 saturated carbocycles. The van der Waals surface area contributed by atoms with Crippen molar-refractivity contribution in [2.24, 2.45) is 11.8 Å². The minimum Gasteiger partial charge on any atom is -0.355 e. The van der Waals surface area contributed by atoms with E-state index in [0.717, 1.165) is 12.8 Å². The number of amides is 3. The van der Waals surface area contributed by atoms with Gasteiger partial charge in [-0.15, -0.1) is 0 Å². The maximum atomic E-state index is 12.4. The number of carbonyl (C=O) groups excluding carboxylic acids is 3. The summed E-state index contributed by atoms with van der Waals surface area (Å²) in [6.45, 7) is 5.59. The Morgan fingerprint density at radius 2 is 1.90 bits per heavy atom. The smallest absolute Gasteiger partial charge is 0.227 e. The normalized spacial score (nSPS) is 23.9. The summed E-state index contributed by atoms with van der Waals surface area (Å²) < 4.78 is 0. The molecule has 3 amide bonds. The van der Waals surface area contributed by atoms with Gasteiger partial charge in [0.25, 0.3) is 0 Å². The van der Waals surface area contributed by atoms with Crippen LogP contribution < -0.4 is 10.6 Å². The van der Waals surface area contributed by atoms with Gasteiger partial charge in [0.1, 0.15) is 0 Å². The molecule has 2 N–H and O–H groups in total. The molecule has 0 aliphatic carbocycles. The van der Waals surface area contributed by atoms with Gasteiger partial charge in [-0.3, -0.25) is 14.4 Å². The second-order valence-corrected chi connectivity index (χ2v) is 6.30. The van der Waals surface area contributed by atoms with E-state index < -0.39 is 0 Å². The summed E-state index contributed by atoms with van der Waals surface area (Å²) >= 11 is 0. The van der Waals surface area contributed by atoms with Crippen molar-refractivity contribution in [1.82, 2.24) is 15.5 Å². The van der Waals surface area contributed by atoms with Gasteiger partial charge in [0.05, 0.1) is 5.92 Å². The fourth-order valence-corrected chi connectivity index (χ4v) is 2.81. The number of nitrogens with one attached hydrogen (secondary N) is 2. The summed E-state index contributed by atoms with van der Waals surface area (Å²) in [5.74, 6) is 0.174. The lowest BCUT2D eigenvalue weighted by Crippen LogP contribution is -2.51. The molecule has 2 saturated heterocycles. The van der Waals surface area contributed by atoms with E-state index in [-0.39, 0.29) is 35.6 Å². The van der Waals surface area contributed by atoms with Crippen LogP contribution in [0.2, 0.25) is 0 Å². The summed E-state index contributed by atoms with van der Waals surface area (Å²) in [5, 5.41) is 5.79. The fourth-order valence-electron chi connectivity index (χ4n) is 2.81. The van der Waals surface area contributed by atoms with Crippen LogP contribution in [0.15, 0.2) is 0 Å². The zero-order valence-electron chi connectivity index (χ0n) is 12.9. The quantitative estimate of drug-likeness (QED) is 0.785. The van der Waals surface area contributed by atoms with E-state index in [1.807, 2.05) is 18.7 Å². The van der Waals surface area contributed by atoms with Crippen molar-refractivity contribution in [3.63, 3.8) is 0 Å². The van der Waals surface area contributed by atoms with Crippen molar-refractivity contribution in [1.29, 1.82) is 0 Å². The van der Waals surface area contributed by atoms with Crippen LogP contribution in [0.4, 0.5) is 0 Å². The predicted octanol–water partition coefficient (Wildman–Crippen LogP) is 0.276. The third-order valence-electron chi connectivity index (χ3n) is 4.29. The molecular formula is C15H25N3O3. The van der Waals surface area contributed by atoms with Gasteiger partial charge in [-0.05, 0) is 19.3 Å². The molecule has 0 bridgehead atoms. The van der Waals surface area contributed by atoms with Crippen LogP contribution in [0.1, 0.15) is 39.5 Å². The van der Waals surface area contributed by atoms with Crippen LogP contribution in [0.25, 0.3) is 0 Å². The molecule has 2 heterocycles. The lowest BCUT2D eigenvalue weighted by Gasteiger charge is -2.35. The van der Waals surface area contributed by atoms with Crippen LogP contribution in [-0.4, -0.2) is 48.3 Å². The van der Waals surface area contributed by atoms with Crippen molar-refractivity contribution in [2.75, 3.05) is 19.6 Å². The van der Waals surface area contributed by atoms with Crippen molar-refractivity contribution in [3.05, 3.63) is 0 Å². The van der Waals surface area contributed by atoms with Gasteiger partial charge in [0.2, 0.25) is 17.7 Å². The first kappa shape index (κ1) is 15.8. The number of likely N-dealkylation sites (tertiary alicyclic amines) is 1. The second-order valence-electron chi connectivity index (χ2n) is 6.30. The number of carbonyl (C=O) groups is 3. The van der Waals surface area contributed by atoms with E-state index in [9.17, 15) is 14.4 Å². The lowest BCUT2D eigenvalue weighted by molar-refractivity contribution is -0.138. The predicted molar refractivity (Wildman–Crippen MR) is 78.3 cm³/mol. The molecule has 0 radical (unpaired) electrons. The molecule has 1 unspecified atom stereocenters. The van der Waals surface area contributed by atoms with Crippen molar-refractivity contribution in [2.45, 2.75) is 45.6 Å². The average molecular weight is 295 g/mol. The molecule has 118 valence electrons.